The SMILES string of the molecule is Cc1ccc(C(F)(F)F)c(Cn2ccc(C)n2)c1. The molecule has 0 fully saturated rings. The summed E-state index contributed by atoms with van der Waals surface area (Å²) >= 11 is 0. The number of rotatable bonds is 2. The molecule has 2 nitrogen and oxygen atoms in total. The van der Waals surface area contributed by atoms with E-state index < -0.39 is 11.7 Å². The van der Waals surface area contributed by atoms with Gasteiger partial charge in [0.1, 0.15) is 0 Å². The average molecular weight is 254 g/mol. The van der Waals surface area contributed by atoms with Crippen LogP contribution in [-0.2, 0) is 12.7 Å². The molecule has 1 heterocycles. The number of benzene rings is 1. The summed E-state index contributed by atoms with van der Waals surface area (Å²) in [4.78, 5) is 0. The maximum atomic E-state index is 12.9. The van der Waals surface area contributed by atoms with Crippen LogP contribution in [0.1, 0.15) is 22.4 Å². The lowest BCUT2D eigenvalue weighted by Gasteiger charge is -2.13. The van der Waals surface area contributed by atoms with Gasteiger partial charge in [0.2, 0.25) is 0 Å². The zero-order valence-corrected chi connectivity index (χ0v) is 10.1. The van der Waals surface area contributed by atoms with Gasteiger partial charge < -0.3 is 0 Å². The van der Waals surface area contributed by atoms with Crippen molar-refractivity contribution >= 4 is 0 Å². The minimum Gasteiger partial charge on any atom is -0.268 e. The summed E-state index contributed by atoms with van der Waals surface area (Å²) < 4.78 is 40.1. The standard InChI is InChI=1S/C13H13F3N2/c1-9-3-4-12(13(14,15)16)11(7-9)8-18-6-5-10(2)17-18/h3-7H,8H2,1-2H3. The van der Waals surface area contributed by atoms with Crippen molar-refractivity contribution < 1.29 is 13.2 Å². The molecular weight excluding hydrogens is 241 g/mol. The first-order valence-electron chi connectivity index (χ1n) is 5.53. The van der Waals surface area contributed by atoms with E-state index >= 15 is 0 Å². The molecule has 0 N–H and O–H groups in total. The predicted octanol–water partition coefficient (Wildman–Crippen LogP) is 3.57. The Morgan fingerprint density at radius 1 is 1.17 bits per heavy atom. The van der Waals surface area contributed by atoms with Crippen LogP contribution in [0, 0.1) is 13.8 Å². The summed E-state index contributed by atoms with van der Waals surface area (Å²) in [6.07, 6.45) is -2.65. The van der Waals surface area contributed by atoms with Crippen LogP contribution in [0.2, 0.25) is 0 Å². The number of aromatic nitrogens is 2. The highest BCUT2D eigenvalue weighted by Gasteiger charge is 2.33. The van der Waals surface area contributed by atoms with Crippen molar-refractivity contribution in [3.8, 4) is 0 Å². The fourth-order valence-electron chi connectivity index (χ4n) is 1.86. The van der Waals surface area contributed by atoms with E-state index in [0.717, 1.165) is 17.3 Å². The number of aryl methyl sites for hydroxylation is 2. The Labute approximate surface area is 103 Å². The smallest absolute Gasteiger partial charge is 0.268 e. The minimum absolute atomic E-state index is 0.129. The average Bonchev–Trinajstić information content (AvgIpc) is 2.62. The van der Waals surface area contributed by atoms with Gasteiger partial charge in [-0.3, -0.25) is 4.68 Å². The molecular formula is C13H13F3N2. The van der Waals surface area contributed by atoms with E-state index in [0.29, 0.717) is 0 Å². The van der Waals surface area contributed by atoms with Crippen LogP contribution in [0.15, 0.2) is 30.5 Å². The van der Waals surface area contributed by atoms with Crippen molar-refractivity contribution in [2.75, 3.05) is 0 Å². The first-order valence-corrected chi connectivity index (χ1v) is 5.53. The van der Waals surface area contributed by atoms with Crippen LogP contribution in [-0.4, -0.2) is 9.78 Å². The van der Waals surface area contributed by atoms with E-state index in [1.807, 2.05) is 0 Å². The molecule has 0 unspecified atom stereocenters. The van der Waals surface area contributed by atoms with Crippen LogP contribution in [0.4, 0.5) is 13.2 Å². The molecule has 0 aliphatic heterocycles. The molecule has 0 saturated carbocycles. The highest BCUT2D eigenvalue weighted by Crippen LogP contribution is 2.32. The first kappa shape index (κ1) is 12.7. The van der Waals surface area contributed by atoms with Crippen LogP contribution < -0.4 is 0 Å². The zero-order chi connectivity index (χ0) is 13.3. The second-order valence-corrected chi connectivity index (χ2v) is 4.31. The van der Waals surface area contributed by atoms with Crippen LogP contribution in [0.25, 0.3) is 0 Å². The molecule has 1 aromatic heterocycles. The third-order valence-electron chi connectivity index (χ3n) is 2.67. The van der Waals surface area contributed by atoms with Crippen molar-refractivity contribution in [3.05, 3.63) is 52.8 Å². The summed E-state index contributed by atoms with van der Waals surface area (Å²) in [5.41, 5.74) is 1.24. The highest BCUT2D eigenvalue weighted by molar-refractivity contribution is 5.33. The zero-order valence-electron chi connectivity index (χ0n) is 10.1. The van der Waals surface area contributed by atoms with Crippen molar-refractivity contribution in [2.45, 2.75) is 26.6 Å². The molecule has 2 rings (SSSR count). The van der Waals surface area contributed by atoms with Crippen LogP contribution in [0.5, 0.6) is 0 Å². The molecule has 0 saturated heterocycles. The number of hydrogen-bond donors (Lipinski definition) is 0. The summed E-state index contributed by atoms with van der Waals surface area (Å²) in [6, 6.07) is 5.92. The van der Waals surface area contributed by atoms with Crippen molar-refractivity contribution in [2.24, 2.45) is 0 Å². The monoisotopic (exact) mass is 254 g/mol. The Morgan fingerprint density at radius 2 is 1.89 bits per heavy atom. The Morgan fingerprint density at radius 3 is 2.44 bits per heavy atom. The molecule has 1 aromatic carbocycles. The second-order valence-electron chi connectivity index (χ2n) is 4.31. The maximum absolute atomic E-state index is 12.9. The Hall–Kier alpha value is -1.78. The highest BCUT2D eigenvalue weighted by atomic mass is 19.4. The van der Waals surface area contributed by atoms with E-state index in [1.54, 1.807) is 32.2 Å². The summed E-state index contributed by atoms with van der Waals surface area (Å²) in [5.74, 6) is 0. The van der Waals surface area contributed by atoms with Gasteiger partial charge in [-0.25, -0.2) is 0 Å². The lowest BCUT2D eigenvalue weighted by Crippen LogP contribution is -2.12. The Balaban J connectivity index is 2.39. The predicted molar refractivity (Wildman–Crippen MR) is 62.2 cm³/mol. The van der Waals surface area contributed by atoms with Crippen LogP contribution in [0.3, 0.4) is 0 Å². The fraction of sp³-hybridized carbons (Fsp3) is 0.308. The van der Waals surface area contributed by atoms with Gasteiger partial charge in [-0.1, -0.05) is 17.7 Å². The van der Waals surface area contributed by atoms with Gasteiger partial charge in [0.05, 0.1) is 17.8 Å². The molecule has 0 bridgehead atoms. The molecule has 0 spiro atoms. The van der Waals surface area contributed by atoms with Gasteiger partial charge in [0, 0.05) is 6.20 Å². The number of nitrogens with zero attached hydrogens (tertiary/aromatic N) is 2. The van der Waals surface area contributed by atoms with Gasteiger partial charge in [-0.05, 0) is 31.5 Å². The topological polar surface area (TPSA) is 17.8 Å². The third-order valence-corrected chi connectivity index (χ3v) is 2.67. The van der Waals surface area contributed by atoms with E-state index in [9.17, 15) is 13.2 Å². The van der Waals surface area contributed by atoms with Gasteiger partial charge in [-0.15, -0.1) is 0 Å². The van der Waals surface area contributed by atoms with E-state index in [1.165, 1.54) is 10.7 Å². The molecule has 0 atom stereocenters. The molecule has 0 aliphatic rings. The summed E-state index contributed by atoms with van der Waals surface area (Å²) in [5, 5.41) is 4.11. The van der Waals surface area contributed by atoms with Gasteiger partial charge in [-0.2, -0.15) is 18.3 Å². The van der Waals surface area contributed by atoms with Crippen molar-refractivity contribution in [3.63, 3.8) is 0 Å². The Kier molecular flexibility index (Phi) is 3.15. The molecule has 96 valence electrons. The van der Waals surface area contributed by atoms with Crippen molar-refractivity contribution in [1.82, 2.24) is 9.78 Å². The van der Waals surface area contributed by atoms with E-state index in [2.05, 4.69) is 5.10 Å². The van der Waals surface area contributed by atoms with Gasteiger partial charge in [0.15, 0.2) is 0 Å². The normalized spacial score (nSPS) is 11.8. The van der Waals surface area contributed by atoms with E-state index in [4.69, 9.17) is 0 Å². The minimum atomic E-state index is -4.33. The van der Waals surface area contributed by atoms with Crippen LogP contribution >= 0.6 is 0 Å². The first-order chi connectivity index (χ1) is 8.36. The lowest BCUT2D eigenvalue weighted by atomic mass is 10.0. The lowest BCUT2D eigenvalue weighted by molar-refractivity contribution is -0.138. The number of halogens is 3. The Bertz CT molecular complexity index is 556. The quantitative estimate of drug-likeness (QED) is 0.801. The largest absolute Gasteiger partial charge is 0.416 e. The molecule has 0 aliphatic carbocycles. The molecule has 2 aromatic rings. The van der Waals surface area contributed by atoms with E-state index in [-0.39, 0.29) is 12.1 Å². The molecule has 0 amide bonds. The van der Waals surface area contributed by atoms with Gasteiger partial charge >= 0.3 is 6.18 Å². The number of hydrogen-bond acceptors (Lipinski definition) is 1. The third kappa shape index (κ3) is 2.72. The number of alkyl halides is 3. The summed E-state index contributed by atoms with van der Waals surface area (Å²) in [7, 11) is 0. The molecule has 18 heavy (non-hydrogen) atoms. The van der Waals surface area contributed by atoms with Crippen molar-refractivity contribution in [1.29, 1.82) is 0 Å². The maximum Gasteiger partial charge on any atom is 0.416 e. The van der Waals surface area contributed by atoms with Gasteiger partial charge in [0.25, 0.3) is 0 Å². The second kappa shape index (κ2) is 4.48. The molecule has 5 heteroatoms. The molecule has 0 radical (unpaired) electrons. The fourth-order valence-corrected chi connectivity index (χ4v) is 1.86. The summed E-state index contributed by atoms with van der Waals surface area (Å²) in [6.45, 7) is 3.71.